The average molecular weight is 1260 g/mol. The Balaban J connectivity index is 0.000000193. The fourth-order valence-electron chi connectivity index (χ4n) is 10.4. The Morgan fingerprint density at radius 2 is 1.10 bits per heavy atom. The van der Waals surface area contributed by atoms with Gasteiger partial charge in [-0.2, -0.15) is 5.10 Å². The summed E-state index contributed by atoms with van der Waals surface area (Å²) in [5, 5.41) is 42.8. The molecule has 2 amide bonds. The molecule has 7 aromatic rings. The van der Waals surface area contributed by atoms with E-state index < -0.39 is 48.0 Å². The van der Waals surface area contributed by atoms with Gasteiger partial charge in [-0.05, 0) is 73.4 Å². The summed E-state index contributed by atoms with van der Waals surface area (Å²) in [6, 6.07) is 21.6. The van der Waals surface area contributed by atoms with E-state index >= 15 is 8.78 Å². The molecule has 448 valence electrons. The quantitative estimate of drug-likeness (QED) is 0.0661. The van der Waals surface area contributed by atoms with E-state index in [1.165, 1.54) is 41.2 Å². The predicted molar refractivity (Wildman–Crippen MR) is 319 cm³/mol. The van der Waals surface area contributed by atoms with E-state index in [1.54, 1.807) is 71.7 Å². The topological polar surface area (TPSA) is 226 Å². The molecule has 1 aromatic heterocycles. The maximum Gasteiger partial charge on any atom is 0.488 e. The number of carbonyl (C=O) groups is 4. The maximum absolute atomic E-state index is 15.5. The lowest BCUT2D eigenvalue weighted by atomic mass is 9.80. The Kier molecular flexibility index (Phi) is 18.5. The molecular weight excluding hydrogens is 1200 g/mol. The Bertz CT molecular complexity index is 3760. The van der Waals surface area contributed by atoms with Crippen molar-refractivity contribution in [1.82, 2.24) is 19.6 Å². The molecule has 2 saturated heterocycles. The Hall–Kier alpha value is -7.51. The third kappa shape index (κ3) is 12.5. The second kappa shape index (κ2) is 25.8. The highest BCUT2D eigenvalue weighted by atomic mass is 35.5. The minimum atomic E-state index is -1.80. The molecule has 4 aliphatic rings. The van der Waals surface area contributed by atoms with Crippen LogP contribution in [0.5, 0.6) is 11.5 Å². The number of benzene rings is 6. The number of aliphatic hydroxyl groups is 1. The van der Waals surface area contributed by atoms with Crippen molar-refractivity contribution in [3.8, 4) is 44.9 Å². The number of nitrogens with zero attached hydrogens (tertiary/aromatic N) is 6. The zero-order valence-corrected chi connectivity index (χ0v) is 49.4. The van der Waals surface area contributed by atoms with Crippen molar-refractivity contribution in [2.75, 3.05) is 89.6 Å². The van der Waals surface area contributed by atoms with Gasteiger partial charge in [0.2, 0.25) is 0 Å². The molecule has 0 aliphatic carbocycles. The van der Waals surface area contributed by atoms with Crippen LogP contribution in [0.4, 0.5) is 20.2 Å². The van der Waals surface area contributed by atoms with Crippen molar-refractivity contribution in [2.45, 2.75) is 32.5 Å². The fraction of sp³-hybridized carbons (Fsp3) is 0.283. The number of halogens is 6. The largest absolute Gasteiger partial charge is 0.488 e. The molecule has 4 N–H and O–H groups in total. The van der Waals surface area contributed by atoms with Crippen LogP contribution in [-0.4, -0.2) is 150 Å². The van der Waals surface area contributed by atoms with Crippen LogP contribution >= 0.6 is 46.4 Å². The first-order chi connectivity index (χ1) is 41.2. The molecule has 0 bridgehead atoms. The van der Waals surface area contributed by atoms with Crippen LogP contribution < -0.4 is 24.7 Å². The molecule has 19 nitrogen and oxygen atoms in total. The van der Waals surface area contributed by atoms with Crippen LogP contribution in [0.15, 0.2) is 97.3 Å². The molecule has 0 saturated carbocycles. The fourth-order valence-corrected chi connectivity index (χ4v) is 11.7. The number of carboxylic acids is 1. The number of carbonyl (C=O) groups excluding carboxylic acids is 3. The van der Waals surface area contributed by atoms with Crippen molar-refractivity contribution >= 4 is 94.1 Å². The monoisotopic (exact) mass is 1260 g/mol. The number of esters is 1. The van der Waals surface area contributed by atoms with Crippen LogP contribution in [-0.2, 0) is 32.8 Å². The first-order valence-electron chi connectivity index (χ1n) is 26.9. The number of amides is 2. The molecule has 0 unspecified atom stereocenters. The van der Waals surface area contributed by atoms with Gasteiger partial charge >= 0.3 is 19.1 Å². The number of morpholine rings is 2. The van der Waals surface area contributed by atoms with Gasteiger partial charge in [0.25, 0.3) is 11.8 Å². The van der Waals surface area contributed by atoms with Crippen molar-refractivity contribution in [2.24, 2.45) is 0 Å². The number of ether oxygens (including phenoxy) is 5. The van der Waals surface area contributed by atoms with Gasteiger partial charge in [-0.15, -0.1) is 0 Å². The number of rotatable bonds is 12. The Morgan fingerprint density at radius 1 is 0.651 bits per heavy atom. The van der Waals surface area contributed by atoms with Crippen molar-refractivity contribution in [3.63, 3.8) is 0 Å². The highest BCUT2D eigenvalue weighted by molar-refractivity contribution is 6.59. The molecule has 2 fully saturated rings. The van der Waals surface area contributed by atoms with Gasteiger partial charge in [0.15, 0.2) is 13.5 Å². The summed E-state index contributed by atoms with van der Waals surface area (Å²) in [5.41, 5.74) is 4.41. The van der Waals surface area contributed by atoms with Gasteiger partial charge in [-0.3, -0.25) is 14.3 Å². The van der Waals surface area contributed by atoms with Crippen molar-refractivity contribution < 1.29 is 71.9 Å². The number of hydrogen-bond acceptors (Lipinski definition) is 15. The van der Waals surface area contributed by atoms with Gasteiger partial charge in [-0.25, -0.2) is 18.4 Å². The molecule has 11 rings (SSSR count). The van der Waals surface area contributed by atoms with Crippen LogP contribution in [0, 0.1) is 11.6 Å². The van der Waals surface area contributed by atoms with Crippen LogP contribution in [0.3, 0.4) is 0 Å². The van der Waals surface area contributed by atoms with Gasteiger partial charge in [-0.1, -0.05) is 82.8 Å². The summed E-state index contributed by atoms with van der Waals surface area (Å²) >= 11 is 25.8. The summed E-state index contributed by atoms with van der Waals surface area (Å²) in [4.78, 5) is 58.1. The summed E-state index contributed by atoms with van der Waals surface area (Å²) < 4.78 is 60.5. The maximum atomic E-state index is 15.5. The SMILES string of the molecule is CC(C)(CO)n1cc(-c2cc(Cl)c(C(=O)N3COc4c(cccc4-c4cc(N5CCOCC5)c(C(=O)O)cc4F)C3)c(Cl)c2)cn1.COC(=O)c1cc(F)c(-c2cccc3c2OCN(C(=O)c2c(Cl)cc(B(O)O)cc2Cl)C3)cc1N1CCOCC1. The lowest BCUT2D eigenvalue weighted by Crippen LogP contribution is -2.38. The van der Waals surface area contributed by atoms with Crippen LogP contribution in [0.2, 0.25) is 20.1 Å². The van der Waals surface area contributed by atoms with Gasteiger partial charge in [0.1, 0.15) is 23.1 Å². The normalized spacial score (nSPS) is 14.9. The highest BCUT2D eigenvalue weighted by Gasteiger charge is 2.33. The Labute approximate surface area is 512 Å². The zero-order valence-electron chi connectivity index (χ0n) is 46.4. The van der Waals surface area contributed by atoms with Crippen LogP contribution in [0.1, 0.15) is 66.4 Å². The smallest absolute Gasteiger partial charge is 0.478 e. The second-order valence-electron chi connectivity index (χ2n) is 21.0. The third-order valence-electron chi connectivity index (χ3n) is 15.1. The van der Waals surface area contributed by atoms with E-state index in [9.17, 15) is 39.4 Å². The first-order valence-corrected chi connectivity index (χ1v) is 28.4. The molecule has 5 heterocycles. The Morgan fingerprint density at radius 3 is 1.55 bits per heavy atom. The number of aromatic carboxylic acids is 1. The van der Waals surface area contributed by atoms with E-state index in [-0.39, 0.29) is 92.1 Å². The molecule has 4 aliphatic heterocycles. The number of para-hydroxylation sites is 2. The number of aromatic nitrogens is 2. The van der Waals surface area contributed by atoms with Gasteiger partial charge in [0, 0.05) is 71.3 Å². The van der Waals surface area contributed by atoms with Crippen LogP contribution in [0.25, 0.3) is 33.4 Å². The lowest BCUT2D eigenvalue weighted by molar-refractivity contribution is 0.0509. The summed E-state index contributed by atoms with van der Waals surface area (Å²) in [6.45, 7) is 7.36. The molecule has 0 spiro atoms. The minimum absolute atomic E-state index is 0.00413. The van der Waals surface area contributed by atoms with Gasteiger partial charge < -0.3 is 63.5 Å². The third-order valence-corrected chi connectivity index (χ3v) is 16.3. The average Bonchev–Trinajstić information content (AvgIpc) is 1.22. The molecule has 26 heteroatoms. The van der Waals surface area contributed by atoms with E-state index in [0.29, 0.717) is 109 Å². The van der Waals surface area contributed by atoms with E-state index in [0.717, 1.165) is 6.07 Å². The van der Waals surface area contributed by atoms with Gasteiger partial charge in [0.05, 0.1) is 119 Å². The highest BCUT2D eigenvalue weighted by Crippen LogP contribution is 2.44. The number of fused-ring (bicyclic) bond motifs is 2. The minimum Gasteiger partial charge on any atom is -0.478 e. The summed E-state index contributed by atoms with van der Waals surface area (Å²) in [5.74, 6) is -3.36. The zero-order chi connectivity index (χ0) is 61.3. The predicted octanol–water partition coefficient (Wildman–Crippen LogP) is 9.01. The molecular formula is C60H55BCl4F2N6O13. The standard InChI is InChI=1S/C33H31Cl2FN4O6.C27H24BCl2FN2O7/c1-33(2,17-41)40-16-21(14-37-40)20-10-25(34)29(26(35)11-20)31(42)39-15-19-4-3-5-22(30(19)46-18-39)23-13-28(38-6-8-45-9-7-38)24(32(43)44)12-27(23)36;1-38-27(35)19-11-22(31)18(12-23(19)32-5-7-39-8-6-32)17-4-2-3-15-13-33(14-40-25(15)17)26(34)24-20(29)9-16(28(36)37)10-21(24)30/h3-5,10-14,16,41H,6-9,15,17-18H2,1-2H3,(H,43,44);2-4,9-12,36-37H,5-8,13-14H2,1H3. The number of anilines is 2. The summed E-state index contributed by atoms with van der Waals surface area (Å²) in [7, 11) is -0.551. The molecule has 6 aromatic carbocycles. The number of hydrogen-bond donors (Lipinski definition) is 4. The van der Waals surface area contributed by atoms with Crippen molar-refractivity contribution in [3.05, 3.63) is 162 Å². The molecule has 86 heavy (non-hydrogen) atoms. The lowest BCUT2D eigenvalue weighted by Gasteiger charge is -2.32. The number of methoxy groups -OCH3 is 1. The number of carboxylic acid groups (broad SMARTS) is 1. The molecule has 0 atom stereocenters. The number of aliphatic hydroxyl groups excluding tert-OH is 1. The second-order valence-corrected chi connectivity index (χ2v) is 22.7. The van der Waals surface area contributed by atoms with E-state index in [4.69, 9.17) is 70.1 Å². The molecule has 0 radical (unpaired) electrons. The van der Waals surface area contributed by atoms with Crippen molar-refractivity contribution in [1.29, 1.82) is 0 Å². The van der Waals surface area contributed by atoms with E-state index in [1.807, 2.05) is 23.6 Å². The summed E-state index contributed by atoms with van der Waals surface area (Å²) in [6.07, 6.45) is 3.41. The van der Waals surface area contributed by atoms with E-state index in [2.05, 4.69) is 5.10 Å². The first kappa shape index (κ1) is 61.6.